The van der Waals surface area contributed by atoms with Crippen LogP contribution >= 0.6 is 0 Å². The van der Waals surface area contributed by atoms with Gasteiger partial charge in [0.05, 0.1) is 30.9 Å². The van der Waals surface area contributed by atoms with E-state index in [0.717, 1.165) is 25.0 Å². The van der Waals surface area contributed by atoms with E-state index in [0.29, 0.717) is 13.0 Å². The lowest BCUT2D eigenvalue weighted by Gasteiger charge is -2.22. The van der Waals surface area contributed by atoms with E-state index in [-0.39, 0.29) is 11.9 Å². The Morgan fingerprint density at radius 1 is 1.60 bits per heavy atom. The monoisotopic (exact) mass is 212 g/mol. The van der Waals surface area contributed by atoms with Crippen molar-refractivity contribution < 1.29 is 14.6 Å². The Bertz CT molecular complexity index is 290. The summed E-state index contributed by atoms with van der Waals surface area (Å²) in [5.74, 6) is -0.0204. The molecule has 1 aliphatic carbocycles. The average molecular weight is 212 g/mol. The van der Waals surface area contributed by atoms with Gasteiger partial charge in [-0.25, -0.2) is 5.01 Å². The zero-order valence-corrected chi connectivity index (χ0v) is 8.85. The van der Waals surface area contributed by atoms with E-state index in [1.54, 1.807) is 7.11 Å². The Morgan fingerprint density at radius 3 is 3.00 bits per heavy atom. The summed E-state index contributed by atoms with van der Waals surface area (Å²) in [6.45, 7) is 0.394. The lowest BCUT2D eigenvalue weighted by atomic mass is 10.2. The van der Waals surface area contributed by atoms with Crippen LogP contribution in [0.1, 0.15) is 25.7 Å². The van der Waals surface area contributed by atoms with Crippen molar-refractivity contribution in [2.45, 2.75) is 37.8 Å². The molecule has 2 unspecified atom stereocenters. The highest BCUT2D eigenvalue weighted by molar-refractivity contribution is 6.05. The topological polar surface area (TPSA) is 62.1 Å². The van der Waals surface area contributed by atoms with Crippen LogP contribution in [0.3, 0.4) is 0 Å². The highest BCUT2D eigenvalue weighted by Gasteiger charge is 2.37. The van der Waals surface area contributed by atoms with Crippen molar-refractivity contribution in [3.05, 3.63) is 0 Å². The van der Waals surface area contributed by atoms with Crippen molar-refractivity contribution in [3.8, 4) is 0 Å². The van der Waals surface area contributed by atoms with E-state index in [2.05, 4.69) is 5.10 Å². The van der Waals surface area contributed by atoms with Crippen LogP contribution in [0.5, 0.6) is 0 Å². The maximum absolute atomic E-state index is 11.6. The second-order valence-corrected chi connectivity index (χ2v) is 4.08. The quantitative estimate of drug-likeness (QED) is 0.723. The first-order valence-electron chi connectivity index (χ1n) is 5.28. The molecule has 1 N–H and O–H groups in total. The van der Waals surface area contributed by atoms with Crippen molar-refractivity contribution in [1.82, 2.24) is 5.01 Å². The summed E-state index contributed by atoms with van der Waals surface area (Å²) in [6, 6.07) is -0.119. The van der Waals surface area contributed by atoms with Crippen LogP contribution in [0.25, 0.3) is 0 Å². The first kappa shape index (κ1) is 10.6. The van der Waals surface area contributed by atoms with Gasteiger partial charge in [0, 0.05) is 7.11 Å². The maximum atomic E-state index is 11.6. The number of carbonyl (C=O) groups excluding carboxylic acids is 1. The number of carbonyl (C=O) groups is 1. The molecule has 2 aliphatic rings. The minimum atomic E-state index is -0.417. The number of aliphatic hydroxyl groups excluding tert-OH is 1. The number of hydrogen-bond acceptors (Lipinski definition) is 4. The molecule has 5 nitrogen and oxygen atoms in total. The molecule has 0 bridgehead atoms. The number of ether oxygens (including phenoxy) is 1. The summed E-state index contributed by atoms with van der Waals surface area (Å²) < 4.78 is 4.94. The second-order valence-electron chi connectivity index (χ2n) is 4.08. The number of methoxy groups -OCH3 is 1. The normalized spacial score (nSPS) is 31.2. The van der Waals surface area contributed by atoms with E-state index in [1.165, 1.54) is 5.01 Å². The van der Waals surface area contributed by atoms with E-state index in [9.17, 15) is 9.90 Å². The van der Waals surface area contributed by atoms with Gasteiger partial charge in [0.2, 0.25) is 5.91 Å². The predicted octanol–water partition coefficient (Wildman–Crippen LogP) is 0.135. The molecule has 5 heteroatoms. The van der Waals surface area contributed by atoms with Crippen molar-refractivity contribution in [2.24, 2.45) is 5.10 Å². The van der Waals surface area contributed by atoms with Gasteiger partial charge in [0.1, 0.15) is 0 Å². The molecule has 1 heterocycles. The van der Waals surface area contributed by atoms with Gasteiger partial charge in [-0.1, -0.05) is 0 Å². The maximum Gasteiger partial charge on any atom is 0.248 e. The summed E-state index contributed by atoms with van der Waals surface area (Å²) in [6.07, 6.45) is 2.49. The summed E-state index contributed by atoms with van der Waals surface area (Å²) in [7, 11) is 1.58. The van der Waals surface area contributed by atoms with Crippen LogP contribution in [-0.4, -0.2) is 47.6 Å². The van der Waals surface area contributed by atoms with Crippen LogP contribution in [-0.2, 0) is 9.53 Å². The first-order chi connectivity index (χ1) is 7.22. The average Bonchev–Trinajstić information content (AvgIpc) is 2.73. The highest BCUT2D eigenvalue weighted by atomic mass is 16.5. The van der Waals surface area contributed by atoms with Crippen molar-refractivity contribution >= 4 is 11.6 Å². The zero-order chi connectivity index (χ0) is 10.8. The minimum Gasteiger partial charge on any atom is -0.391 e. The van der Waals surface area contributed by atoms with Crippen molar-refractivity contribution in [2.75, 3.05) is 13.7 Å². The number of amides is 1. The van der Waals surface area contributed by atoms with Gasteiger partial charge in [0.15, 0.2) is 0 Å². The molecule has 0 spiro atoms. The summed E-state index contributed by atoms with van der Waals surface area (Å²) in [5.41, 5.74) is 0.751. The van der Waals surface area contributed by atoms with Gasteiger partial charge in [-0.2, -0.15) is 5.10 Å². The molecule has 15 heavy (non-hydrogen) atoms. The smallest absolute Gasteiger partial charge is 0.248 e. The fraction of sp³-hybridized carbons (Fsp3) is 0.800. The van der Waals surface area contributed by atoms with Gasteiger partial charge in [-0.15, -0.1) is 0 Å². The largest absolute Gasteiger partial charge is 0.391 e. The lowest BCUT2D eigenvalue weighted by Crippen LogP contribution is -2.38. The minimum absolute atomic E-state index is 0.0204. The third kappa shape index (κ3) is 2.03. The zero-order valence-electron chi connectivity index (χ0n) is 8.85. The fourth-order valence-corrected chi connectivity index (χ4v) is 2.21. The number of hydrazone groups is 1. The van der Waals surface area contributed by atoms with Crippen LogP contribution in [0.4, 0.5) is 0 Å². The molecule has 1 aliphatic heterocycles. The van der Waals surface area contributed by atoms with Gasteiger partial charge in [0.25, 0.3) is 0 Å². The second kappa shape index (κ2) is 4.28. The third-order valence-corrected chi connectivity index (χ3v) is 2.93. The summed E-state index contributed by atoms with van der Waals surface area (Å²) in [4.78, 5) is 11.6. The molecular formula is C10H16N2O3. The van der Waals surface area contributed by atoms with E-state index < -0.39 is 6.10 Å². The van der Waals surface area contributed by atoms with E-state index in [1.807, 2.05) is 0 Å². The molecular weight excluding hydrogens is 196 g/mol. The predicted molar refractivity (Wildman–Crippen MR) is 54.4 cm³/mol. The molecule has 84 valence electrons. The molecule has 0 saturated heterocycles. The third-order valence-electron chi connectivity index (χ3n) is 2.93. The van der Waals surface area contributed by atoms with Gasteiger partial charge >= 0.3 is 0 Å². The standard InChI is InChI=1S/C10H16N2O3/c1-15-6-7-5-10(14)12(11-7)8-3-2-4-9(8)13/h8-9,13H,2-6H2,1H3. The van der Waals surface area contributed by atoms with Crippen LogP contribution in [0, 0.1) is 0 Å². The lowest BCUT2D eigenvalue weighted by molar-refractivity contribution is -0.132. The molecule has 1 amide bonds. The number of hydrogen-bond donors (Lipinski definition) is 1. The van der Waals surface area contributed by atoms with Crippen LogP contribution in [0.15, 0.2) is 5.10 Å². The Labute approximate surface area is 88.7 Å². The number of nitrogens with zero attached hydrogens (tertiary/aromatic N) is 2. The SMILES string of the molecule is COCC1=NN(C2CCCC2O)C(=O)C1. The van der Waals surface area contributed by atoms with Gasteiger partial charge < -0.3 is 9.84 Å². The molecule has 0 radical (unpaired) electrons. The molecule has 2 rings (SSSR count). The Kier molecular flexibility index (Phi) is 3.02. The van der Waals surface area contributed by atoms with Gasteiger partial charge in [-0.05, 0) is 19.3 Å². The van der Waals surface area contributed by atoms with Crippen molar-refractivity contribution in [1.29, 1.82) is 0 Å². The number of aliphatic hydroxyl groups is 1. The van der Waals surface area contributed by atoms with Gasteiger partial charge in [-0.3, -0.25) is 4.79 Å². The first-order valence-corrected chi connectivity index (χ1v) is 5.28. The van der Waals surface area contributed by atoms with E-state index in [4.69, 9.17) is 4.74 Å². The summed E-state index contributed by atoms with van der Waals surface area (Å²) in [5, 5.41) is 15.3. The van der Waals surface area contributed by atoms with E-state index >= 15 is 0 Å². The molecule has 1 fully saturated rings. The van der Waals surface area contributed by atoms with Crippen LogP contribution in [0.2, 0.25) is 0 Å². The highest BCUT2D eigenvalue weighted by Crippen LogP contribution is 2.27. The van der Waals surface area contributed by atoms with Crippen molar-refractivity contribution in [3.63, 3.8) is 0 Å². The van der Waals surface area contributed by atoms with Crippen LogP contribution < -0.4 is 0 Å². The summed E-state index contributed by atoms with van der Waals surface area (Å²) >= 11 is 0. The molecule has 0 aromatic rings. The Morgan fingerprint density at radius 2 is 2.40 bits per heavy atom. The Hall–Kier alpha value is -0.940. The number of rotatable bonds is 3. The molecule has 2 atom stereocenters. The fourth-order valence-electron chi connectivity index (χ4n) is 2.21. The molecule has 1 saturated carbocycles. The molecule has 0 aromatic carbocycles. The molecule has 0 aromatic heterocycles. The Balaban J connectivity index is 2.05.